The van der Waals surface area contributed by atoms with Crippen LogP contribution in [0.5, 0.6) is 5.75 Å². The lowest BCUT2D eigenvalue weighted by Crippen LogP contribution is -2.42. The zero-order valence-electron chi connectivity index (χ0n) is 15.6. The van der Waals surface area contributed by atoms with Crippen LogP contribution in [0, 0.1) is 6.92 Å². The van der Waals surface area contributed by atoms with Gasteiger partial charge in [-0.15, -0.1) is 10.2 Å². The van der Waals surface area contributed by atoms with Gasteiger partial charge in [-0.3, -0.25) is 4.79 Å². The monoisotopic (exact) mass is 374 g/mol. The van der Waals surface area contributed by atoms with Crippen molar-refractivity contribution in [3.63, 3.8) is 0 Å². The number of amides is 1. The van der Waals surface area contributed by atoms with Crippen molar-refractivity contribution >= 4 is 17.7 Å². The van der Waals surface area contributed by atoms with Crippen LogP contribution in [-0.4, -0.2) is 43.9 Å². The highest BCUT2D eigenvalue weighted by Gasteiger charge is 2.23. The van der Waals surface area contributed by atoms with Gasteiger partial charge in [0.25, 0.3) is 0 Å². The highest BCUT2D eigenvalue weighted by molar-refractivity contribution is 7.99. The molecule has 0 unspecified atom stereocenters. The molecule has 1 amide bonds. The van der Waals surface area contributed by atoms with Gasteiger partial charge >= 0.3 is 0 Å². The molecule has 2 aromatic rings. The lowest BCUT2D eigenvalue weighted by atomic mass is 10.0. The van der Waals surface area contributed by atoms with E-state index in [9.17, 15) is 4.79 Å². The largest absolute Gasteiger partial charge is 0.486 e. The van der Waals surface area contributed by atoms with Crippen LogP contribution in [0.4, 0.5) is 0 Å². The quantitative estimate of drug-likeness (QED) is 0.727. The van der Waals surface area contributed by atoms with Gasteiger partial charge in [0.2, 0.25) is 5.91 Å². The molecule has 0 N–H and O–H groups in total. The number of rotatable bonds is 6. The van der Waals surface area contributed by atoms with E-state index in [2.05, 4.69) is 17.1 Å². The first kappa shape index (κ1) is 18.8. The number of thioether (sulfide) groups is 1. The van der Waals surface area contributed by atoms with Crippen LogP contribution in [0.2, 0.25) is 0 Å². The lowest BCUT2D eigenvalue weighted by molar-refractivity contribution is -0.131. The van der Waals surface area contributed by atoms with Gasteiger partial charge in [-0.1, -0.05) is 23.9 Å². The molecule has 6 nitrogen and oxygen atoms in total. The third-order valence-corrected chi connectivity index (χ3v) is 5.74. The second-order valence-corrected chi connectivity index (χ2v) is 7.73. The zero-order chi connectivity index (χ0) is 18.5. The summed E-state index contributed by atoms with van der Waals surface area (Å²) in [5.41, 5.74) is 1.15. The zero-order valence-corrected chi connectivity index (χ0v) is 16.5. The van der Waals surface area contributed by atoms with Gasteiger partial charge in [-0.05, 0) is 50.8 Å². The average molecular weight is 375 g/mol. The Bertz CT molecular complexity index is 762. The molecule has 0 saturated carbocycles. The summed E-state index contributed by atoms with van der Waals surface area (Å²) in [6.07, 6.45) is 3.41. The van der Waals surface area contributed by atoms with Crippen molar-refractivity contribution in [1.29, 1.82) is 0 Å². The van der Waals surface area contributed by atoms with E-state index >= 15 is 0 Å². The van der Waals surface area contributed by atoms with E-state index in [4.69, 9.17) is 4.74 Å². The number of aryl methyl sites for hydroxylation is 1. The number of nitrogens with zero attached hydrogens (tertiary/aromatic N) is 4. The molecule has 26 heavy (non-hydrogen) atoms. The number of benzene rings is 1. The first-order valence-electron chi connectivity index (χ1n) is 9.04. The van der Waals surface area contributed by atoms with Gasteiger partial charge in [0, 0.05) is 19.6 Å². The summed E-state index contributed by atoms with van der Waals surface area (Å²) in [7, 11) is 1.91. The Kier molecular flexibility index (Phi) is 6.19. The fourth-order valence-electron chi connectivity index (χ4n) is 3.13. The number of hydrogen-bond acceptors (Lipinski definition) is 5. The average Bonchev–Trinajstić information content (AvgIpc) is 2.98. The molecule has 1 atom stereocenters. The Morgan fingerprint density at radius 3 is 2.96 bits per heavy atom. The maximum Gasteiger partial charge on any atom is 0.233 e. The molecule has 1 saturated heterocycles. The van der Waals surface area contributed by atoms with Crippen molar-refractivity contribution in [2.24, 2.45) is 7.05 Å². The predicted molar refractivity (Wildman–Crippen MR) is 102 cm³/mol. The summed E-state index contributed by atoms with van der Waals surface area (Å²) in [6.45, 7) is 5.38. The maximum atomic E-state index is 12.5. The summed E-state index contributed by atoms with van der Waals surface area (Å²) in [4.78, 5) is 14.5. The topological polar surface area (TPSA) is 60.3 Å². The Labute approximate surface area is 158 Å². The molecule has 0 bridgehead atoms. The van der Waals surface area contributed by atoms with Crippen molar-refractivity contribution < 1.29 is 9.53 Å². The second-order valence-electron chi connectivity index (χ2n) is 6.78. The molecular weight excluding hydrogens is 348 g/mol. The predicted octanol–water partition coefficient (Wildman–Crippen LogP) is 3.20. The minimum absolute atomic E-state index is 0.183. The Morgan fingerprint density at radius 1 is 1.35 bits per heavy atom. The van der Waals surface area contributed by atoms with Gasteiger partial charge in [0.1, 0.15) is 12.4 Å². The molecule has 1 aliphatic heterocycles. The van der Waals surface area contributed by atoms with Crippen molar-refractivity contribution in [2.75, 3.05) is 12.3 Å². The molecule has 2 heterocycles. The summed E-state index contributed by atoms with van der Waals surface area (Å²) in [5.74, 6) is 2.14. The first-order valence-corrected chi connectivity index (χ1v) is 10.0. The number of likely N-dealkylation sites (tertiary alicyclic amines) is 1. The molecule has 0 radical (unpaired) electrons. The van der Waals surface area contributed by atoms with Crippen LogP contribution >= 0.6 is 11.8 Å². The van der Waals surface area contributed by atoms with Gasteiger partial charge in [0.05, 0.1) is 5.75 Å². The van der Waals surface area contributed by atoms with E-state index in [1.54, 1.807) is 0 Å². The Hall–Kier alpha value is -2.02. The van der Waals surface area contributed by atoms with Gasteiger partial charge < -0.3 is 14.2 Å². The molecule has 0 aliphatic carbocycles. The smallest absolute Gasteiger partial charge is 0.233 e. The van der Waals surface area contributed by atoms with Crippen LogP contribution in [0.25, 0.3) is 0 Å². The molecule has 1 aromatic heterocycles. The van der Waals surface area contributed by atoms with Crippen LogP contribution in [0.15, 0.2) is 29.4 Å². The summed E-state index contributed by atoms with van der Waals surface area (Å²) in [6, 6.07) is 8.26. The number of piperidine rings is 1. The SMILES string of the molecule is Cc1cccc(OCc2nnc(SCC(=O)N3CCCC[C@H]3C)n2C)c1. The third-order valence-electron chi connectivity index (χ3n) is 4.73. The fraction of sp³-hybridized carbons (Fsp3) is 0.526. The summed E-state index contributed by atoms with van der Waals surface area (Å²) >= 11 is 1.44. The third kappa shape index (κ3) is 4.58. The van der Waals surface area contributed by atoms with Crippen LogP contribution < -0.4 is 4.74 Å². The molecule has 1 aliphatic rings. The number of carbonyl (C=O) groups excluding carboxylic acids is 1. The van der Waals surface area contributed by atoms with E-state index in [1.807, 2.05) is 47.7 Å². The van der Waals surface area contributed by atoms with E-state index in [0.717, 1.165) is 41.7 Å². The van der Waals surface area contributed by atoms with E-state index in [-0.39, 0.29) is 5.91 Å². The normalized spacial score (nSPS) is 17.3. The Balaban J connectivity index is 1.54. The van der Waals surface area contributed by atoms with Crippen molar-refractivity contribution in [3.8, 4) is 5.75 Å². The Morgan fingerprint density at radius 2 is 2.19 bits per heavy atom. The van der Waals surface area contributed by atoms with E-state index in [1.165, 1.54) is 18.2 Å². The first-order chi connectivity index (χ1) is 12.5. The summed E-state index contributed by atoms with van der Waals surface area (Å²) in [5, 5.41) is 9.15. The minimum Gasteiger partial charge on any atom is -0.486 e. The number of aromatic nitrogens is 3. The molecule has 1 fully saturated rings. The van der Waals surface area contributed by atoms with E-state index in [0.29, 0.717) is 18.4 Å². The number of hydrogen-bond donors (Lipinski definition) is 0. The fourth-order valence-corrected chi connectivity index (χ4v) is 3.94. The molecule has 7 heteroatoms. The van der Waals surface area contributed by atoms with Crippen LogP contribution in [0.1, 0.15) is 37.6 Å². The number of ether oxygens (including phenoxy) is 1. The summed E-state index contributed by atoms with van der Waals surface area (Å²) < 4.78 is 7.69. The lowest BCUT2D eigenvalue weighted by Gasteiger charge is -2.33. The molecule has 3 rings (SSSR count). The van der Waals surface area contributed by atoms with Crippen molar-refractivity contribution in [3.05, 3.63) is 35.7 Å². The molecule has 0 spiro atoms. The van der Waals surface area contributed by atoms with Gasteiger partial charge in [0.15, 0.2) is 11.0 Å². The molecule has 1 aromatic carbocycles. The minimum atomic E-state index is 0.183. The van der Waals surface area contributed by atoms with Gasteiger partial charge in [-0.25, -0.2) is 0 Å². The number of carbonyl (C=O) groups is 1. The van der Waals surface area contributed by atoms with Crippen molar-refractivity contribution in [1.82, 2.24) is 19.7 Å². The van der Waals surface area contributed by atoms with Crippen LogP contribution in [-0.2, 0) is 18.4 Å². The molecule has 140 valence electrons. The molecular formula is C19H26N4O2S. The second kappa shape index (κ2) is 8.58. The highest BCUT2D eigenvalue weighted by Crippen LogP contribution is 2.21. The van der Waals surface area contributed by atoms with Gasteiger partial charge in [-0.2, -0.15) is 0 Å². The van der Waals surface area contributed by atoms with E-state index < -0.39 is 0 Å². The van der Waals surface area contributed by atoms with Crippen molar-refractivity contribution in [2.45, 2.75) is 50.9 Å². The van der Waals surface area contributed by atoms with Crippen LogP contribution in [0.3, 0.4) is 0 Å². The standard InChI is InChI=1S/C19H26N4O2S/c1-14-7-6-9-16(11-14)25-12-17-20-21-19(22(17)3)26-13-18(24)23-10-5-4-8-15(23)2/h6-7,9,11,15H,4-5,8,10,12-13H2,1-3H3/t15-/m1/s1. The highest BCUT2D eigenvalue weighted by atomic mass is 32.2. The maximum absolute atomic E-state index is 12.5.